The van der Waals surface area contributed by atoms with Crippen LogP contribution in [0.4, 0.5) is 0 Å². The number of rotatable bonds is 5. The third-order valence-corrected chi connectivity index (χ3v) is 1.68. The van der Waals surface area contributed by atoms with Crippen LogP contribution in [0.15, 0.2) is 0 Å². The van der Waals surface area contributed by atoms with E-state index < -0.39 is 17.1 Å². The van der Waals surface area contributed by atoms with Crippen molar-refractivity contribution in [3.8, 4) is 0 Å². The molecule has 0 fully saturated rings. The van der Waals surface area contributed by atoms with E-state index in [0.717, 1.165) is 12.8 Å². The first kappa shape index (κ1) is 10.4. The van der Waals surface area contributed by atoms with E-state index in [1.54, 1.807) is 0 Å². The summed E-state index contributed by atoms with van der Waals surface area (Å²) >= 11 is 0. The highest BCUT2D eigenvalue weighted by atomic mass is 16.6. The fourth-order valence-corrected chi connectivity index (χ4v) is 0.936. The Hall–Kier alpha value is -0.640. The smallest absolute Gasteiger partial charge is 0.238 e. The van der Waals surface area contributed by atoms with Gasteiger partial charge >= 0.3 is 0 Å². The van der Waals surface area contributed by atoms with Crippen molar-refractivity contribution < 1.29 is 10.0 Å². The number of nitro groups is 1. The molecule has 0 rings (SSSR count). The fraction of sp³-hybridized carbons (Fsp3) is 1.00. The molecule has 0 aliphatic heterocycles. The summed E-state index contributed by atoms with van der Waals surface area (Å²) in [5.41, 5.74) is 0. The van der Waals surface area contributed by atoms with Gasteiger partial charge in [-0.2, -0.15) is 0 Å². The first-order valence-electron chi connectivity index (χ1n) is 3.91. The molecule has 0 saturated heterocycles. The molecule has 1 unspecified atom stereocenters. The van der Waals surface area contributed by atoms with Gasteiger partial charge in [0.05, 0.1) is 0 Å². The maximum absolute atomic E-state index is 10.3. The molecule has 1 N–H and O–H groups in total. The topological polar surface area (TPSA) is 63.4 Å². The lowest BCUT2D eigenvalue weighted by atomic mass is 10.1. The molecule has 4 nitrogen and oxygen atoms in total. The highest BCUT2D eigenvalue weighted by Crippen LogP contribution is 2.07. The van der Waals surface area contributed by atoms with Gasteiger partial charge in [-0.05, 0) is 13.3 Å². The molecule has 0 heterocycles. The molecule has 11 heavy (non-hydrogen) atoms. The summed E-state index contributed by atoms with van der Waals surface area (Å²) in [5.74, 6) is 0. The van der Waals surface area contributed by atoms with Gasteiger partial charge in [0.1, 0.15) is 6.10 Å². The van der Waals surface area contributed by atoms with Crippen molar-refractivity contribution in [2.45, 2.75) is 45.3 Å². The molecule has 4 heteroatoms. The Bertz CT molecular complexity index is 125. The van der Waals surface area contributed by atoms with Crippen LogP contribution in [0.3, 0.4) is 0 Å². The Balaban J connectivity index is 3.80. The van der Waals surface area contributed by atoms with E-state index in [2.05, 4.69) is 0 Å². The highest BCUT2D eigenvalue weighted by molar-refractivity contribution is 4.62. The highest BCUT2D eigenvalue weighted by Gasteiger charge is 2.24. The van der Waals surface area contributed by atoms with Crippen LogP contribution in [-0.4, -0.2) is 22.2 Å². The van der Waals surface area contributed by atoms with Crippen LogP contribution >= 0.6 is 0 Å². The maximum Gasteiger partial charge on any atom is 0.238 e. The number of aliphatic hydroxyl groups is 1. The number of nitrogens with zero attached hydrogens (tertiary/aromatic N) is 1. The van der Waals surface area contributed by atoms with Crippen LogP contribution in [0.5, 0.6) is 0 Å². The van der Waals surface area contributed by atoms with Crippen LogP contribution in [0.1, 0.15) is 33.1 Å². The van der Waals surface area contributed by atoms with E-state index in [4.69, 9.17) is 5.11 Å². The monoisotopic (exact) mass is 161 g/mol. The summed E-state index contributed by atoms with van der Waals surface area (Å²) in [6, 6.07) is -0.782. The minimum absolute atomic E-state index is 0.402. The molecule has 0 aromatic rings. The third kappa shape index (κ3) is 3.93. The summed E-state index contributed by atoms with van der Waals surface area (Å²) in [5, 5.41) is 19.3. The molecule has 0 aliphatic rings. The Kier molecular flexibility index (Phi) is 4.77. The molecule has 0 saturated carbocycles. The van der Waals surface area contributed by atoms with Gasteiger partial charge in [0.15, 0.2) is 0 Å². The molecule has 66 valence electrons. The third-order valence-electron chi connectivity index (χ3n) is 1.68. The lowest BCUT2D eigenvalue weighted by Gasteiger charge is -2.10. The molecule has 0 radical (unpaired) electrons. The fourth-order valence-electron chi connectivity index (χ4n) is 0.936. The second-order valence-electron chi connectivity index (χ2n) is 2.74. The SMILES string of the molecule is CCCCC([C@@H](C)O)[N+](=O)[O-]. The maximum atomic E-state index is 10.3. The van der Waals surface area contributed by atoms with Crippen LogP contribution in [0.2, 0.25) is 0 Å². The first-order chi connectivity index (χ1) is 5.09. The predicted octanol–water partition coefficient (Wildman–Crippen LogP) is 1.20. The van der Waals surface area contributed by atoms with Crippen LogP contribution in [0, 0.1) is 10.1 Å². The Labute approximate surface area is 66.4 Å². The quantitative estimate of drug-likeness (QED) is 0.486. The lowest BCUT2D eigenvalue weighted by molar-refractivity contribution is -0.534. The predicted molar refractivity (Wildman–Crippen MR) is 42.0 cm³/mol. The van der Waals surface area contributed by atoms with Gasteiger partial charge in [-0.15, -0.1) is 0 Å². The zero-order chi connectivity index (χ0) is 8.85. The summed E-state index contributed by atoms with van der Waals surface area (Å²) in [6.07, 6.45) is 1.37. The van der Waals surface area contributed by atoms with Crippen molar-refractivity contribution in [3.63, 3.8) is 0 Å². The Morgan fingerprint density at radius 3 is 2.45 bits per heavy atom. The van der Waals surface area contributed by atoms with Crippen LogP contribution in [-0.2, 0) is 0 Å². The van der Waals surface area contributed by atoms with Gasteiger partial charge in [-0.1, -0.05) is 13.3 Å². The number of hydrogen-bond donors (Lipinski definition) is 1. The average Bonchev–Trinajstić information content (AvgIpc) is 1.87. The summed E-state index contributed by atoms with van der Waals surface area (Å²) in [6.45, 7) is 3.43. The normalized spacial score (nSPS) is 15.9. The minimum Gasteiger partial charge on any atom is -0.386 e. The van der Waals surface area contributed by atoms with Crippen molar-refractivity contribution in [2.24, 2.45) is 0 Å². The van der Waals surface area contributed by atoms with Crippen LogP contribution in [0.25, 0.3) is 0 Å². The van der Waals surface area contributed by atoms with E-state index in [-0.39, 0.29) is 0 Å². The molecular formula is C7H15NO3. The molecule has 2 atom stereocenters. The molecule has 0 bridgehead atoms. The second kappa shape index (κ2) is 5.07. The van der Waals surface area contributed by atoms with Gasteiger partial charge < -0.3 is 5.11 Å². The van der Waals surface area contributed by atoms with E-state index >= 15 is 0 Å². The summed E-state index contributed by atoms with van der Waals surface area (Å²) < 4.78 is 0. The van der Waals surface area contributed by atoms with Crippen molar-refractivity contribution in [1.82, 2.24) is 0 Å². The number of hydrogen-bond acceptors (Lipinski definition) is 3. The molecule has 0 spiro atoms. The Morgan fingerprint density at radius 1 is 1.64 bits per heavy atom. The minimum atomic E-state index is -0.837. The van der Waals surface area contributed by atoms with Gasteiger partial charge in [0, 0.05) is 11.3 Å². The van der Waals surface area contributed by atoms with Gasteiger partial charge in [0.25, 0.3) is 0 Å². The molecule has 0 aromatic carbocycles. The number of unbranched alkanes of at least 4 members (excludes halogenated alkanes) is 1. The van der Waals surface area contributed by atoms with Crippen molar-refractivity contribution in [1.29, 1.82) is 0 Å². The lowest BCUT2D eigenvalue weighted by Crippen LogP contribution is -2.31. The van der Waals surface area contributed by atoms with E-state index in [1.165, 1.54) is 6.92 Å². The largest absolute Gasteiger partial charge is 0.386 e. The molecule has 0 aliphatic carbocycles. The van der Waals surface area contributed by atoms with E-state index in [0.29, 0.717) is 6.42 Å². The van der Waals surface area contributed by atoms with Gasteiger partial charge in [-0.3, -0.25) is 10.1 Å². The Morgan fingerprint density at radius 2 is 2.18 bits per heavy atom. The first-order valence-corrected chi connectivity index (χ1v) is 3.91. The van der Waals surface area contributed by atoms with E-state index in [1.807, 2.05) is 6.92 Å². The molecule has 0 aromatic heterocycles. The standard InChI is InChI=1S/C7H15NO3/c1-3-4-5-7(6(2)9)8(10)11/h6-7,9H,3-5H2,1-2H3/t6-,7?/m1/s1. The summed E-state index contributed by atoms with van der Waals surface area (Å²) in [7, 11) is 0. The van der Waals surface area contributed by atoms with Gasteiger partial charge in [-0.25, -0.2) is 0 Å². The molecular weight excluding hydrogens is 146 g/mol. The average molecular weight is 161 g/mol. The summed E-state index contributed by atoms with van der Waals surface area (Å²) in [4.78, 5) is 9.89. The van der Waals surface area contributed by atoms with Gasteiger partial charge in [0.2, 0.25) is 6.04 Å². The zero-order valence-electron chi connectivity index (χ0n) is 6.99. The van der Waals surface area contributed by atoms with Crippen LogP contribution < -0.4 is 0 Å². The molecule has 0 amide bonds. The van der Waals surface area contributed by atoms with Crippen molar-refractivity contribution in [3.05, 3.63) is 10.1 Å². The second-order valence-corrected chi connectivity index (χ2v) is 2.74. The van der Waals surface area contributed by atoms with Crippen molar-refractivity contribution >= 4 is 0 Å². The number of aliphatic hydroxyl groups excluding tert-OH is 1. The van der Waals surface area contributed by atoms with Crippen molar-refractivity contribution in [2.75, 3.05) is 0 Å². The van der Waals surface area contributed by atoms with E-state index in [9.17, 15) is 10.1 Å². The zero-order valence-corrected chi connectivity index (χ0v) is 6.99.